The Morgan fingerprint density at radius 2 is 1.68 bits per heavy atom. The van der Waals surface area contributed by atoms with Crippen molar-refractivity contribution in [1.82, 2.24) is 20.0 Å². The van der Waals surface area contributed by atoms with Crippen LogP contribution in [0, 0.1) is 0 Å². The molecule has 37 heavy (non-hydrogen) atoms. The van der Waals surface area contributed by atoms with Gasteiger partial charge in [-0.25, -0.2) is 0 Å². The summed E-state index contributed by atoms with van der Waals surface area (Å²) >= 11 is 6.03. The lowest BCUT2D eigenvalue weighted by atomic mass is 10.0. The molecule has 2 aromatic rings. The number of carbonyl (C=O) groups excluding carboxylic acids is 3. The van der Waals surface area contributed by atoms with Crippen LogP contribution < -0.4 is 10.6 Å². The normalized spacial score (nSPS) is 24.9. The molecule has 2 atom stereocenters. The number of amides is 3. The molecule has 4 heterocycles. The fourth-order valence-corrected chi connectivity index (χ4v) is 6.44. The van der Waals surface area contributed by atoms with Crippen LogP contribution in [-0.2, 0) is 9.59 Å². The van der Waals surface area contributed by atoms with Gasteiger partial charge in [-0.3, -0.25) is 19.3 Å². The predicted octanol–water partition coefficient (Wildman–Crippen LogP) is 2.83. The van der Waals surface area contributed by atoms with Gasteiger partial charge in [-0.2, -0.15) is 0 Å². The first-order chi connectivity index (χ1) is 18.0. The predicted molar refractivity (Wildman–Crippen MR) is 143 cm³/mol. The maximum atomic E-state index is 13.7. The van der Waals surface area contributed by atoms with Crippen molar-refractivity contribution in [3.8, 4) is 11.1 Å². The first-order valence-electron chi connectivity index (χ1n) is 13.3. The quantitative estimate of drug-likeness (QED) is 0.649. The second-order valence-electron chi connectivity index (χ2n) is 10.4. The molecule has 0 unspecified atom stereocenters. The minimum atomic E-state index is -0.703. The van der Waals surface area contributed by atoms with Crippen molar-refractivity contribution in [2.75, 3.05) is 44.6 Å². The van der Waals surface area contributed by atoms with Gasteiger partial charge in [0.05, 0.1) is 23.8 Å². The molecule has 9 heteroatoms. The Morgan fingerprint density at radius 1 is 0.919 bits per heavy atom. The molecule has 2 N–H and O–H groups in total. The number of carbonyl (C=O) groups is 3. The summed E-state index contributed by atoms with van der Waals surface area (Å²) in [7, 11) is 0. The Balaban J connectivity index is 1.20. The number of piperazine rings is 1. The number of hydrogen-bond donors (Lipinski definition) is 2. The molecule has 0 aromatic heterocycles. The Morgan fingerprint density at radius 3 is 2.46 bits per heavy atom. The van der Waals surface area contributed by atoms with Crippen LogP contribution in [0.25, 0.3) is 11.1 Å². The third-order valence-electron chi connectivity index (χ3n) is 8.30. The van der Waals surface area contributed by atoms with Crippen LogP contribution in [-0.4, -0.2) is 89.8 Å². The summed E-state index contributed by atoms with van der Waals surface area (Å²) in [5, 5.41) is 7.00. The number of halogens is 1. The molecule has 3 saturated heterocycles. The summed E-state index contributed by atoms with van der Waals surface area (Å²) in [5.74, 6) is -0.327. The van der Waals surface area contributed by atoms with E-state index in [1.807, 2.05) is 41.3 Å². The van der Waals surface area contributed by atoms with Crippen molar-refractivity contribution in [3.63, 3.8) is 0 Å². The highest BCUT2D eigenvalue weighted by atomic mass is 35.5. The van der Waals surface area contributed by atoms with Gasteiger partial charge in [-0.15, -0.1) is 0 Å². The molecule has 0 aliphatic carbocycles. The topological polar surface area (TPSA) is 85.0 Å². The van der Waals surface area contributed by atoms with E-state index in [0.29, 0.717) is 35.4 Å². The minimum absolute atomic E-state index is 0.0997. The first-order valence-corrected chi connectivity index (χ1v) is 13.6. The van der Waals surface area contributed by atoms with E-state index < -0.39 is 6.04 Å². The maximum absolute atomic E-state index is 13.7. The van der Waals surface area contributed by atoms with Gasteiger partial charge >= 0.3 is 0 Å². The lowest BCUT2D eigenvalue weighted by Gasteiger charge is -2.42. The second kappa shape index (κ2) is 10.1. The van der Waals surface area contributed by atoms with E-state index in [9.17, 15) is 14.4 Å². The molecule has 0 radical (unpaired) electrons. The van der Waals surface area contributed by atoms with E-state index >= 15 is 0 Å². The molecule has 6 rings (SSSR count). The van der Waals surface area contributed by atoms with Gasteiger partial charge in [0.1, 0.15) is 6.04 Å². The lowest BCUT2D eigenvalue weighted by Crippen LogP contribution is -2.62. The summed E-state index contributed by atoms with van der Waals surface area (Å²) in [5.41, 5.74) is 2.80. The van der Waals surface area contributed by atoms with Crippen LogP contribution in [0.1, 0.15) is 36.0 Å². The molecular formula is C28H32ClN5O3. The largest absolute Gasteiger partial charge is 0.337 e. The van der Waals surface area contributed by atoms with Crippen LogP contribution in [0.5, 0.6) is 0 Å². The van der Waals surface area contributed by atoms with E-state index in [1.54, 1.807) is 11.0 Å². The number of rotatable bonds is 3. The van der Waals surface area contributed by atoms with Crippen LogP contribution in [0.15, 0.2) is 42.5 Å². The monoisotopic (exact) mass is 521 g/mol. The number of fused-ring (bicyclic) bond motifs is 2. The average molecular weight is 522 g/mol. The third kappa shape index (κ3) is 4.62. The van der Waals surface area contributed by atoms with Gasteiger partial charge in [0.15, 0.2) is 0 Å². The molecule has 4 aliphatic heterocycles. The Kier molecular flexibility index (Phi) is 6.65. The number of piperidine rings is 1. The smallest absolute Gasteiger partial charge is 0.256 e. The summed E-state index contributed by atoms with van der Waals surface area (Å²) in [6.45, 7) is 3.95. The standard InChI is InChI=1S/C28H32ClN5O3/c29-20-6-3-18(4-7-20)19-5-8-23-22(16-19)27(36)34-15-14-32(17-25(34)26(35)31-23)28(37)24-2-1-13-33(24)21-9-11-30-12-10-21/h3-8,16,21,24-25,30H,1-2,9-15,17H2,(H,31,35)/t24-,25-/m0/s1. The number of anilines is 1. The van der Waals surface area contributed by atoms with Crippen molar-refractivity contribution in [2.24, 2.45) is 0 Å². The minimum Gasteiger partial charge on any atom is -0.337 e. The molecule has 0 spiro atoms. The molecule has 8 nitrogen and oxygen atoms in total. The average Bonchev–Trinajstić information content (AvgIpc) is 3.40. The molecule has 4 aliphatic rings. The zero-order valence-corrected chi connectivity index (χ0v) is 21.5. The number of nitrogens with zero attached hydrogens (tertiary/aromatic N) is 3. The Hall–Kier alpha value is -2.94. The van der Waals surface area contributed by atoms with Gasteiger partial charge in [-0.05, 0) is 80.7 Å². The fourth-order valence-electron chi connectivity index (χ4n) is 6.31. The zero-order valence-electron chi connectivity index (χ0n) is 20.8. The molecule has 0 saturated carbocycles. The summed E-state index contributed by atoms with van der Waals surface area (Å²) in [6.07, 6.45) is 4.01. The van der Waals surface area contributed by atoms with Gasteiger partial charge in [0.2, 0.25) is 11.8 Å². The number of hydrogen-bond acceptors (Lipinski definition) is 5. The van der Waals surface area contributed by atoms with Crippen LogP contribution in [0.4, 0.5) is 5.69 Å². The van der Waals surface area contributed by atoms with Crippen molar-refractivity contribution < 1.29 is 14.4 Å². The highest BCUT2D eigenvalue weighted by Gasteiger charge is 2.44. The third-order valence-corrected chi connectivity index (χ3v) is 8.55. The number of likely N-dealkylation sites (tertiary alicyclic amines) is 1. The van der Waals surface area contributed by atoms with Crippen LogP contribution >= 0.6 is 11.6 Å². The molecule has 3 fully saturated rings. The molecular weight excluding hydrogens is 490 g/mol. The van der Waals surface area contributed by atoms with E-state index in [0.717, 1.165) is 56.4 Å². The molecule has 0 bridgehead atoms. The number of nitrogens with one attached hydrogen (secondary N) is 2. The lowest BCUT2D eigenvalue weighted by molar-refractivity contribution is -0.140. The summed E-state index contributed by atoms with van der Waals surface area (Å²) < 4.78 is 0. The molecule has 3 amide bonds. The van der Waals surface area contributed by atoms with Crippen LogP contribution in [0.2, 0.25) is 5.02 Å². The SMILES string of the molecule is O=C1Nc2ccc(-c3ccc(Cl)cc3)cc2C(=O)N2CCN(C(=O)[C@@H]3CCCN3C3CCNCC3)C[C@@H]12. The molecule has 2 aromatic carbocycles. The van der Waals surface area contributed by atoms with E-state index in [1.165, 1.54) is 0 Å². The highest BCUT2D eigenvalue weighted by molar-refractivity contribution is 6.30. The van der Waals surface area contributed by atoms with Gasteiger partial charge in [0.25, 0.3) is 5.91 Å². The Labute approximate surface area is 221 Å². The fraction of sp³-hybridized carbons (Fsp3) is 0.464. The van der Waals surface area contributed by atoms with Crippen molar-refractivity contribution in [3.05, 3.63) is 53.1 Å². The second-order valence-corrected chi connectivity index (χ2v) is 10.9. The maximum Gasteiger partial charge on any atom is 0.256 e. The highest BCUT2D eigenvalue weighted by Crippen LogP contribution is 2.32. The number of benzene rings is 2. The molecule has 194 valence electrons. The summed E-state index contributed by atoms with van der Waals surface area (Å²) in [4.78, 5) is 46.4. The van der Waals surface area contributed by atoms with Gasteiger partial charge < -0.3 is 20.4 Å². The van der Waals surface area contributed by atoms with E-state index in [2.05, 4.69) is 15.5 Å². The van der Waals surface area contributed by atoms with Crippen molar-refractivity contribution >= 4 is 35.0 Å². The van der Waals surface area contributed by atoms with Crippen molar-refractivity contribution in [1.29, 1.82) is 0 Å². The van der Waals surface area contributed by atoms with E-state index in [-0.39, 0.29) is 30.3 Å². The summed E-state index contributed by atoms with van der Waals surface area (Å²) in [6, 6.07) is 12.6. The van der Waals surface area contributed by atoms with E-state index in [4.69, 9.17) is 11.6 Å². The van der Waals surface area contributed by atoms with Gasteiger partial charge in [0, 0.05) is 24.2 Å². The first kappa shape index (κ1) is 24.4. The van der Waals surface area contributed by atoms with Crippen LogP contribution in [0.3, 0.4) is 0 Å². The van der Waals surface area contributed by atoms with Gasteiger partial charge in [-0.1, -0.05) is 29.8 Å². The Bertz CT molecular complexity index is 1210. The zero-order chi connectivity index (χ0) is 25.5. The van der Waals surface area contributed by atoms with Crippen molar-refractivity contribution in [2.45, 2.75) is 43.8 Å².